The lowest BCUT2D eigenvalue weighted by Gasteiger charge is -2.15. The number of imide groups is 2. The highest BCUT2D eigenvalue weighted by molar-refractivity contribution is 8.19. The SMILES string of the molecule is Cc1cccc(NC(=O)CN2C(=O)S[C@H]([C@@H]3SC(=O)NC3=O)C2=O)c1. The summed E-state index contributed by atoms with van der Waals surface area (Å²) in [5, 5.41) is 1.58. The number of carbonyl (C=O) groups excluding carboxylic acids is 5. The minimum atomic E-state index is -1.00. The molecule has 5 amide bonds. The molecule has 0 spiro atoms. The molecule has 2 saturated heterocycles. The van der Waals surface area contributed by atoms with E-state index in [4.69, 9.17) is 0 Å². The molecule has 2 heterocycles. The van der Waals surface area contributed by atoms with E-state index >= 15 is 0 Å². The summed E-state index contributed by atoms with van der Waals surface area (Å²) in [5.41, 5.74) is 1.51. The number of benzene rings is 1. The normalized spacial score (nSPS) is 23.2. The highest BCUT2D eigenvalue weighted by Crippen LogP contribution is 2.36. The Morgan fingerprint density at radius 3 is 2.60 bits per heavy atom. The molecule has 3 rings (SSSR count). The van der Waals surface area contributed by atoms with E-state index in [9.17, 15) is 24.0 Å². The van der Waals surface area contributed by atoms with Gasteiger partial charge in [-0.2, -0.15) is 0 Å². The van der Waals surface area contributed by atoms with E-state index in [1.807, 2.05) is 13.0 Å². The summed E-state index contributed by atoms with van der Waals surface area (Å²) in [6.07, 6.45) is 0. The standard InChI is InChI=1S/C15H13N3O5S2/c1-7-3-2-4-8(5-7)16-9(19)6-18-13(21)11(25-15(18)23)10-12(20)17-14(22)24-10/h2-5,10-11H,6H2,1H3,(H,16,19)(H,17,20,22)/t10-,11+/m0/s1. The van der Waals surface area contributed by atoms with Crippen LogP contribution in [-0.2, 0) is 14.4 Å². The van der Waals surface area contributed by atoms with Gasteiger partial charge in [0.15, 0.2) is 0 Å². The summed E-state index contributed by atoms with van der Waals surface area (Å²) in [6, 6.07) is 7.10. The molecular weight excluding hydrogens is 366 g/mol. The van der Waals surface area contributed by atoms with Crippen LogP contribution in [0.3, 0.4) is 0 Å². The summed E-state index contributed by atoms with van der Waals surface area (Å²) in [6.45, 7) is 1.43. The Kier molecular flexibility index (Phi) is 4.82. The van der Waals surface area contributed by atoms with Gasteiger partial charge in [-0.05, 0) is 48.1 Å². The second-order valence-electron chi connectivity index (χ2n) is 5.46. The van der Waals surface area contributed by atoms with Gasteiger partial charge in [-0.15, -0.1) is 0 Å². The van der Waals surface area contributed by atoms with Crippen LogP contribution >= 0.6 is 23.5 Å². The first-order chi connectivity index (χ1) is 11.8. The third kappa shape index (κ3) is 3.69. The summed E-state index contributed by atoms with van der Waals surface area (Å²) in [5.74, 6) is -1.76. The van der Waals surface area contributed by atoms with Crippen molar-refractivity contribution in [3.63, 3.8) is 0 Å². The van der Waals surface area contributed by atoms with Crippen LogP contribution < -0.4 is 10.6 Å². The van der Waals surface area contributed by atoms with Crippen molar-refractivity contribution in [2.75, 3.05) is 11.9 Å². The Morgan fingerprint density at radius 1 is 1.20 bits per heavy atom. The number of carbonyl (C=O) groups is 5. The first-order valence-corrected chi connectivity index (χ1v) is 9.01. The average molecular weight is 379 g/mol. The van der Waals surface area contributed by atoms with E-state index in [2.05, 4.69) is 10.6 Å². The number of nitrogens with zero attached hydrogens (tertiary/aromatic N) is 1. The minimum Gasteiger partial charge on any atom is -0.325 e. The summed E-state index contributed by atoms with van der Waals surface area (Å²) in [4.78, 5) is 60.3. The Labute approximate surface area is 151 Å². The lowest BCUT2D eigenvalue weighted by atomic mass is 10.2. The van der Waals surface area contributed by atoms with Crippen LogP contribution in [0.15, 0.2) is 24.3 Å². The molecule has 0 saturated carbocycles. The van der Waals surface area contributed by atoms with Crippen molar-refractivity contribution in [3.8, 4) is 0 Å². The molecule has 2 aliphatic rings. The highest BCUT2D eigenvalue weighted by Gasteiger charge is 2.50. The maximum Gasteiger partial charge on any atom is 0.289 e. The van der Waals surface area contributed by atoms with Gasteiger partial charge in [0.25, 0.3) is 10.5 Å². The predicted octanol–water partition coefficient (Wildman–Crippen LogP) is 1.35. The molecule has 0 unspecified atom stereocenters. The number of thioether (sulfide) groups is 2. The Morgan fingerprint density at radius 2 is 1.96 bits per heavy atom. The Balaban J connectivity index is 1.65. The number of hydrogen-bond acceptors (Lipinski definition) is 7. The summed E-state index contributed by atoms with van der Waals surface area (Å²) < 4.78 is 0. The van der Waals surface area contributed by atoms with E-state index in [1.165, 1.54) is 0 Å². The van der Waals surface area contributed by atoms with Crippen molar-refractivity contribution in [1.29, 1.82) is 0 Å². The van der Waals surface area contributed by atoms with Gasteiger partial charge < -0.3 is 5.32 Å². The van der Waals surface area contributed by atoms with Gasteiger partial charge in [0, 0.05) is 5.69 Å². The van der Waals surface area contributed by atoms with Crippen molar-refractivity contribution in [3.05, 3.63) is 29.8 Å². The molecule has 8 nitrogen and oxygen atoms in total. The number of hydrogen-bond donors (Lipinski definition) is 2. The van der Waals surface area contributed by atoms with Crippen molar-refractivity contribution >= 4 is 57.4 Å². The molecule has 2 atom stereocenters. The zero-order valence-electron chi connectivity index (χ0n) is 13.0. The van der Waals surface area contributed by atoms with Crippen LogP contribution in [0.25, 0.3) is 0 Å². The number of aryl methyl sites for hydroxylation is 1. The molecule has 1 aromatic rings. The van der Waals surface area contributed by atoms with Gasteiger partial charge in [-0.25, -0.2) is 0 Å². The first-order valence-electron chi connectivity index (χ1n) is 7.25. The number of nitrogens with one attached hydrogen (secondary N) is 2. The minimum absolute atomic E-state index is 0.442. The molecule has 0 radical (unpaired) electrons. The molecule has 2 N–H and O–H groups in total. The molecule has 0 aromatic heterocycles. The first kappa shape index (κ1) is 17.5. The smallest absolute Gasteiger partial charge is 0.289 e. The van der Waals surface area contributed by atoms with E-state index in [0.29, 0.717) is 29.2 Å². The monoisotopic (exact) mass is 379 g/mol. The summed E-state index contributed by atoms with van der Waals surface area (Å²) >= 11 is 1.34. The third-order valence-electron chi connectivity index (χ3n) is 3.55. The van der Waals surface area contributed by atoms with Crippen molar-refractivity contribution in [2.45, 2.75) is 17.4 Å². The molecule has 0 bridgehead atoms. The highest BCUT2D eigenvalue weighted by atomic mass is 32.2. The number of rotatable bonds is 4. The van der Waals surface area contributed by atoms with Crippen molar-refractivity contribution < 1.29 is 24.0 Å². The van der Waals surface area contributed by atoms with E-state index < -0.39 is 45.2 Å². The van der Waals surface area contributed by atoms with E-state index in [1.54, 1.807) is 18.2 Å². The van der Waals surface area contributed by atoms with Crippen LogP contribution in [0.2, 0.25) is 0 Å². The van der Waals surface area contributed by atoms with E-state index in [-0.39, 0.29) is 0 Å². The van der Waals surface area contributed by atoms with Crippen LogP contribution in [0.5, 0.6) is 0 Å². The third-order valence-corrected chi connectivity index (χ3v) is 5.93. The zero-order valence-corrected chi connectivity index (χ0v) is 14.6. The van der Waals surface area contributed by atoms with Gasteiger partial charge in [0.1, 0.15) is 17.0 Å². The van der Waals surface area contributed by atoms with Crippen molar-refractivity contribution in [1.82, 2.24) is 10.2 Å². The van der Waals surface area contributed by atoms with Gasteiger partial charge >= 0.3 is 0 Å². The van der Waals surface area contributed by atoms with Crippen molar-refractivity contribution in [2.24, 2.45) is 0 Å². The number of anilines is 1. The van der Waals surface area contributed by atoms with Crippen LogP contribution in [-0.4, -0.2) is 50.1 Å². The fourth-order valence-electron chi connectivity index (χ4n) is 2.44. The molecule has 0 aliphatic carbocycles. The molecule has 1 aromatic carbocycles. The second-order valence-corrected chi connectivity index (χ2v) is 7.67. The molecular formula is C15H13N3O5S2. The van der Waals surface area contributed by atoms with E-state index in [0.717, 1.165) is 10.5 Å². The lowest BCUT2D eigenvalue weighted by Crippen LogP contribution is -2.42. The van der Waals surface area contributed by atoms with Gasteiger partial charge in [-0.1, -0.05) is 12.1 Å². The predicted molar refractivity (Wildman–Crippen MR) is 93.2 cm³/mol. The van der Waals surface area contributed by atoms with Gasteiger partial charge in [0.2, 0.25) is 17.7 Å². The molecule has 10 heteroatoms. The fraction of sp³-hybridized carbons (Fsp3) is 0.267. The number of amides is 5. The van der Waals surface area contributed by atoms with Crippen LogP contribution in [0.1, 0.15) is 5.56 Å². The molecule has 25 heavy (non-hydrogen) atoms. The maximum atomic E-state index is 12.4. The summed E-state index contributed by atoms with van der Waals surface area (Å²) in [7, 11) is 0. The lowest BCUT2D eigenvalue weighted by molar-refractivity contribution is -0.131. The van der Waals surface area contributed by atoms with Gasteiger partial charge in [-0.3, -0.25) is 34.2 Å². The quantitative estimate of drug-likeness (QED) is 0.812. The Hall–Kier alpha value is -2.33. The largest absolute Gasteiger partial charge is 0.325 e. The van der Waals surface area contributed by atoms with Crippen LogP contribution in [0.4, 0.5) is 15.3 Å². The topological polar surface area (TPSA) is 113 Å². The maximum absolute atomic E-state index is 12.4. The second kappa shape index (κ2) is 6.89. The zero-order chi connectivity index (χ0) is 18.1. The molecule has 2 fully saturated rings. The average Bonchev–Trinajstić information content (AvgIpc) is 3.00. The van der Waals surface area contributed by atoms with Gasteiger partial charge in [0.05, 0.1) is 0 Å². The fourth-order valence-corrected chi connectivity index (χ4v) is 4.54. The Bertz CT molecular complexity index is 797. The molecule has 130 valence electrons. The molecule has 2 aliphatic heterocycles. The van der Waals surface area contributed by atoms with Crippen LogP contribution in [0, 0.1) is 6.92 Å².